The Kier molecular flexibility index (Phi) is 4.99. The summed E-state index contributed by atoms with van der Waals surface area (Å²) in [7, 11) is 0. The summed E-state index contributed by atoms with van der Waals surface area (Å²) in [6, 6.07) is 12.5. The largest absolute Gasteiger partial charge is 0.493 e. The first-order valence-corrected chi connectivity index (χ1v) is 6.81. The molecule has 0 aliphatic heterocycles. The van der Waals surface area contributed by atoms with Gasteiger partial charge in [0.1, 0.15) is 5.75 Å². The number of fused-ring (bicyclic) bond motifs is 1. The molecule has 0 atom stereocenters. The zero-order valence-electron chi connectivity index (χ0n) is 11.3. The molecule has 0 aromatic heterocycles. The molecule has 2 nitrogen and oxygen atoms in total. The molecule has 0 heterocycles. The van der Waals surface area contributed by atoms with Gasteiger partial charge in [-0.2, -0.15) is 0 Å². The standard InChI is InChI=1S/C17H21NO/c1-2-3-6-13-19-17-10-9-14-7-4-5-8-15(14)16(17)11-12-18/h2,4-5,7-10H,1,3,6,11-13,18H2. The first-order valence-electron chi connectivity index (χ1n) is 6.81. The fourth-order valence-corrected chi connectivity index (χ4v) is 2.26. The summed E-state index contributed by atoms with van der Waals surface area (Å²) in [6.07, 6.45) is 4.75. The van der Waals surface area contributed by atoms with Crippen LogP contribution < -0.4 is 10.5 Å². The van der Waals surface area contributed by atoms with Crippen LogP contribution >= 0.6 is 0 Å². The molecule has 0 unspecified atom stereocenters. The van der Waals surface area contributed by atoms with Gasteiger partial charge in [-0.15, -0.1) is 6.58 Å². The first kappa shape index (κ1) is 13.6. The molecule has 0 amide bonds. The number of unbranched alkanes of at least 4 members (excludes halogenated alkanes) is 1. The minimum absolute atomic E-state index is 0.636. The summed E-state index contributed by atoms with van der Waals surface area (Å²) in [4.78, 5) is 0. The van der Waals surface area contributed by atoms with Crippen LogP contribution in [0, 0.1) is 0 Å². The Morgan fingerprint density at radius 2 is 2.00 bits per heavy atom. The molecule has 0 aliphatic rings. The topological polar surface area (TPSA) is 35.2 Å². The Bertz CT molecular complexity index is 548. The predicted octanol–water partition coefficient (Wildman–Crippen LogP) is 3.69. The lowest BCUT2D eigenvalue weighted by atomic mass is 10.0. The van der Waals surface area contributed by atoms with Crippen molar-refractivity contribution in [3.63, 3.8) is 0 Å². The maximum atomic E-state index is 5.90. The van der Waals surface area contributed by atoms with E-state index in [2.05, 4.69) is 43.0 Å². The second-order valence-corrected chi connectivity index (χ2v) is 4.58. The third kappa shape index (κ3) is 3.36. The maximum Gasteiger partial charge on any atom is 0.123 e. The number of nitrogens with two attached hydrogens (primary N) is 1. The average Bonchev–Trinajstić information content (AvgIpc) is 2.45. The Hall–Kier alpha value is -1.80. The van der Waals surface area contributed by atoms with Crippen molar-refractivity contribution in [3.05, 3.63) is 54.6 Å². The van der Waals surface area contributed by atoms with Gasteiger partial charge in [0.25, 0.3) is 0 Å². The monoisotopic (exact) mass is 255 g/mol. The molecule has 0 saturated carbocycles. The van der Waals surface area contributed by atoms with Crippen LogP contribution in [-0.2, 0) is 6.42 Å². The summed E-state index contributed by atoms with van der Waals surface area (Å²) < 4.78 is 5.90. The summed E-state index contributed by atoms with van der Waals surface area (Å²) >= 11 is 0. The van der Waals surface area contributed by atoms with Gasteiger partial charge in [0.15, 0.2) is 0 Å². The van der Waals surface area contributed by atoms with Crippen molar-refractivity contribution < 1.29 is 4.74 Å². The van der Waals surface area contributed by atoms with Gasteiger partial charge in [-0.3, -0.25) is 0 Å². The van der Waals surface area contributed by atoms with E-state index in [1.54, 1.807) is 0 Å². The van der Waals surface area contributed by atoms with Crippen LogP contribution in [0.3, 0.4) is 0 Å². The van der Waals surface area contributed by atoms with E-state index >= 15 is 0 Å². The number of benzene rings is 2. The zero-order valence-corrected chi connectivity index (χ0v) is 11.3. The van der Waals surface area contributed by atoms with Crippen LogP contribution in [0.15, 0.2) is 49.1 Å². The second-order valence-electron chi connectivity index (χ2n) is 4.58. The van der Waals surface area contributed by atoms with Gasteiger partial charge >= 0.3 is 0 Å². The lowest BCUT2D eigenvalue weighted by molar-refractivity contribution is 0.309. The Labute approximate surface area is 114 Å². The van der Waals surface area contributed by atoms with Crippen LogP contribution in [0.25, 0.3) is 10.8 Å². The number of hydrogen-bond acceptors (Lipinski definition) is 2. The Morgan fingerprint density at radius 3 is 2.79 bits per heavy atom. The summed E-state index contributed by atoms with van der Waals surface area (Å²) in [5.74, 6) is 0.966. The smallest absolute Gasteiger partial charge is 0.123 e. The third-order valence-electron chi connectivity index (χ3n) is 3.20. The normalized spacial score (nSPS) is 10.6. The quantitative estimate of drug-likeness (QED) is 0.605. The lowest BCUT2D eigenvalue weighted by Gasteiger charge is -2.13. The summed E-state index contributed by atoms with van der Waals surface area (Å²) in [6.45, 7) is 5.08. The molecule has 0 bridgehead atoms. The molecular formula is C17H21NO. The first-order chi connectivity index (χ1) is 9.36. The SMILES string of the molecule is C=CCCCOc1ccc2ccccc2c1CCN. The van der Waals surface area contributed by atoms with E-state index in [0.29, 0.717) is 6.54 Å². The van der Waals surface area contributed by atoms with Gasteiger partial charge in [-0.1, -0.05) is 36.4 Å². The van der Waals surface area contributed by atoms with Crippen molar-refractivity contribution in [2.75, 3.05) is 13.2 Å². The Balaban J connectivity index is 2.26. The lowest BCUT2D eigenvalue weighted by Crippen LogP contribution is -2.06. The van der Waals surface area contributed by atoms with Gasteiger partial charge < -0.3 is 10.5 Å². The Morgan fingerprint density at radius 1 is 1.16 bits per heavy atom. The van der Waals surface area contributed by atoms with Crippen LogP contribution in [-0.4, -0.2) is 13.2 Å². The number of allylic oxidation sites excluding steroid dienone is 1. The van der Waals surface area contributed by atoms with E-state index in [4.69, 9.17) is 10.5 Å². The summed E-state index contributed by atoms with van der Waals surface area (Å²) in [5.41, 5.74) is 6.95. The van der Waals surface area contributed by atoms with Gasteiger partial charge in [0.05, 0.1) is 6.61 Å². The van der Waals surface area contributed by atoms with Crippen molar-refractivity contribution >= 4 is 10.8 Å². The molecule has 0 radical (unpaired) electrons. The number of ether oxygens (including phenoxy) is 1. The van der Waals surface area contributed by atoms with Crippen molar-refractivity contribution in [1.82, 2.24) is 0 Å². The van der Waals surface area contributed by atoms with Crippen LogP contribution in [0.1, 0.15) is 18.4 Å². The van der Waals surface area contributed by atoms with E-state index in [-0.39, 0.29) is 0 Å². The highest BCUT2D eigenvalue weighted by atomic mass is 16.5. The van der Waals surface area contributed by atoms with Gasteiger partial charge in [-0.05, 0) is 42.6 Å². The van der Waals surface area contributed by atoms with E-state index in [1.165, 1.54) is 16.3 Å². The third-order valence-corrected chi connectivity index (χ3v) is 3.20. The molecule has 0 fully saturated rings. The maximum absolute atomic E-state index is 5.90. The van der Waals surface area contributed by atoms with Crippen LogP contribution in [0.4, 0.5) is 0 Å². The molecule has 2 aromatic carbocycles. The van der Waals surface area contributed by atoms with Crippen molar-refractivity contribution in [3.8, 4) is 5.75 Å². The van der Waals surface area contributed by atoms with E-state index in [1.807, 2.05) is 6.08 Å². The van der Waals surface area contributed by atoms with Crippen molar-refractivity contribution in [2.45, 2.75) is 19.3 Å². The summed E-state index contributed by atoms with van der Waals surface area (Å²) in [5, 5.41) is 2.48. The molecule has 100 valence electrons. The van der Waals surface area contributed by atoms with Crippen molar-refractivity contribution in [1.29, 1.82) is 0 Å². The molecule has 2 heteroatoms. The highest BCUT2D eigenvalue weighted by Crippen LogP contribution is 2.28. The van der Waals surface area contributed by atoms with E-state index < -0.39 is 0 Å². The zero-order chi connectivity index (χ0) is 13.5. The van der Waals surface area contributed by atoms with Crippen LogP contribution in [0.2, 0.25) is 0 Å². The fraction of sp³-hybridized carbons (Fsp3) is 0.294. The number of rotatable bonds is 7. The molecule has 0 spiro atoms. The van der Waals surface area contributed by atoms with E-state index in [0.717, 1.165) is 31.6 Å². The molecular weight excluding hydrogens is 234 g/mol. The van der Waals surface area contributed by atoms with Gasteiger partial charge in [-0.25, -0.2) is 0 Å². The highest BCUT2D eigenvalue weighted by Gasteiger charge is 2.07. The molecule has 2 N–H and O–H groups in total. The fourth-order valence-electron chi connectivity index (χ4n) is 2.26. The average molecular weight is 255 g/mol. The molecule has 0 aliphatic carbocycles. The highest BCUT2D eigenvalue weighted by molar-refractivity contribution is 5.87. The van der Waals surface area contributed by atoms with Crippen molar-refractivity contribution in [2.24, 2.45) is 5.73 Å². The molecule has 19 heavy (non-hydrogen) atoms. The minimum atomic E-state index is 0.636. The molecule has 0 saturated heterocycles. The minimum Gasteiger partial charge on any atom is -0.493 e. The second kappa shape index (κ2) is 6.95. The van der Waals surface area contributed by atoms with Crippen LogP contribution in [0.5, 0.6) is 5.75 Å². The van der Waals surface area contributed by atoms with Gasteiger partial charge in [0, 0.05) is 5.56 Å². The predicted molar refractivity (Wildman–Crippen MR) is 81.6 cm³/mol. The number of hydrogen-bond donors (Lipinski definition) is 1. The molecule has 2 rings (SSSR count). The van der Waals surface area contributed by atoms with E-state index in [9.17, 15) is 0 Å². The molecule has 2 aromatic rings. The van der Waals surface area contributed by atoms with Gasteiger partial charge in [0.2, 0.25) is 0 Å².